The van der Waals surface area contributed by atoms with E-state index in [1.807, 2.05) is 0 Å². The van der Waals surface area contributed by atoms with Gasteiger partial charge in [-0.05, 0) is 33.6 Å². The lowest BCUT2D eigenvalue weighted by molar-refractivity contribution is 0.354. The summed E-state index contributed by atoms with van der Waals surface area (Å²) in [7, 11) is 3.12. The van der Waals surface area contributed by atoms with E-state index in [1.165, 1.54) is 0 Å². The summed E-state index contributed by atoms with van der Waals surface area (Å²) < 4.78 is 16.2. The zero-order chi connectivity index (χ0) is 14.0. The molecule has 2 rings (SSSR count). The van der Waals surface area contributed by atoms with Crippen LogP contribution >= 0.6 is 39.1 Å². The zero-order valence-electron chi connectivity index (χ0n) is 10.2. The van der Waals surface area contributed by atoms with Gasteiger partial charge in [0, 0.05) is 16.7 Å². The first kappa shape index (κ1) is 14.6. The van der Waals surface area contributed by atoms with E-state index in [4.69, 9.17) is 37.1 Å². The van der Waals surface area contributed by atoms with Gasteiger partial charge in [0.25, 0.3) is 0 Å². The maximum absolute atomic E-state index is 6.44. The standard InChI is InChI=1S/C13H11BrCl2O3/c1-17-10-5-8(9(15)6-11(10)18-2)12(16)7-3-4-19-13(7)14/h3-6,12H,1-2H3. The van der Waals surface area contributed by atoms with Gasteiger partial charge in [-0.25, -0.2) is 0 Å². The summed E-state index contributed by atoms with van der Waals surface area (Å²) in [5.41, 5.74) is 1.53. The first-order chi connectivity index (χ1) is 9.08. The molecular weight excluding hydrogens is 355 g/mol. The Kier molecular flexibility index (Phi) is 4.66. The van der Waals surface area contributed by atoms with Crippen molar-refractivity contribution in [2.45, 2.75) is 5.38 Å². The molecule has 0 amide bonds. The van der Waals surface area contributed by atoms with E-state index in [1.54, 1.807) is 38.7 Å². The molecule has 1 heterocycles. The first-order valence-electron chi connectivity index (χ1n) is 5.36. The van der Waals surface area contributed by atoms with Crippen molar-refractivity contribution in [3.63, 3.8) is 0 Å². The lowest BCUT2D eigenvalue weighted by Crippen LogP contribution is -1.97. The number of halogens is 3. The largest absolute Gasteiger partial charge is 0.493 e. The van der Waals surface area contributed by atoms with Crippen LogP contribution in [0.5, 0.6) is 11.5 Å². The fourth-order valence-electron chi connectivity index (χ4n) is 1.72. The van der Waals surface area contributed by atoms with Crippen LogP contribution in [0.25, 0.3) is 0 Å². The van der Waals surface area contributed by atoms with Gasteiger partial charge < -0.3 is 13.9 Å². The van der Waals surface area contributed by atoms with Gasteiger partial charge in [0.15, 0.2) is 16.2 Å². The molecule has 0 aliphatic heterocycles. The number of ether oxygens (including phenoxy) is 2. The minimum Gasteiger partial charge on any atom is -0.493 e. The van der Waals surface area contributed by atoms with Crippen molar-refractivity contribution in [2.75, 3.05) is 14.2 Å². The second kappa shape index (κ2) is 6.07. The summed E-state index contributed by atoms with van der Waals surface area (Å²) in [6.07, 6.45) is 1.56. The average molecular weight is 366 g/mol. The smallest absolute Gasteiger partial charge is 0.173 e. The molecule has 0 saturated carbocycles. The molecule has 1 unspecified atom stereocenters. The molecule has 2 aromatic rings. The monoisotopic (exact) mass is 364 g/mol. The summed E-state index contributed by atoms with van der Waals surface area (Å²) >= 11 is 16.0. The molecule has 1 aromatic carbocycles. The van der Waals surface area contributed by atoms with Crippen LogP contribution in [0, 0.1) is 0 Å². The highest BCUT2D eigenvalue weighted by Gasteiger charge is 2.21. The van der Waals surface area contributed by atoms with Crippen LogP contribution in [0.3, 0.4) is 0 Å². The van der Waals surface area contributed by atoms with Crippen molar-refractivity contribution >= 4 is 39.1 Å². The van der Waals surface area contributed by atoms with Crippen molar-refractivity contribution in [1.29, 1.82) is 0 Å². The summed E-state index contributed by atoms with van der Waals surface area (Å²) in [5.74, 6) is 1.14. The second-order valence-corrected chi connectivity index (χ2v) is 5.30. The van der Waals surface area contributed by atoms with Crippen LogP contribution in [0.15, 0.2) is 33.5 Å². The van der Waals surface area contributed by atoms with Crippen LogP contribution in [-0.4, -0.2) is 14.2 Å². The third kappa shape index (κ3) is 2.86. The molecule has 1 aromatic heterocycles. The van der Waals surface area contributed by atoms with Gasteiger partial charge in [-0.3, -0.25) is 0 Å². The fraction of sp³-hybridized carbons (Fsp3) is 0.231. The Morgan fingerprint density at radius 3 is 2.32 bits per heavy atom. The van der Waals surface area contributed by atoms with Gasteiger partial charge in [-0.1, -0.05) is 11.6 Å². The van der Waals surface area contributed by atoms with E-state index in [-0.39, 0.29) is 0 Å². The molecule has 0 aliphatic rings. The highest BCUT2D eigenvalue weighted by molar-refractivity contribution is 9.10. The van der Waals surface area contributed by atoms with Crippen LogP contribution in [0.4, 0.5) is 0 Å². The van der Waals surface area contributed by atoms with E-state index in [9.17, 15) is 0 Å². The quantitative estimate of drug-likeness (QED) is 0.711. The Balaban J connectivity index is 2.48. The molecule has 0 bridgehead atoms. The highest BCUT2D eigenvalue weighted by Crippen LogP contribution is 2.42. The Hall–Kier alpha value is -0.840. The van der Waals surface area contributed by atoms with E-state index in [0.29, 0.717) is 21.2 Å². The third-order valence-electron chi connectivity index (χ3n) is 2.70. The van der Waals surface area contributed by atoms with Gasteiger partial charge in [0.05, 0.1) is 25.9 Å². The summed E-state index contributed by atoms with van der Waals surface area (Å²) in [5, 5.41) is 0.0613. The SMILES string of the molecule is COc1cc(Cl)c(C(Cl)c2ccoc2Br)cc1OC. The van der Waals surface area contributed by atoms with Crippen molar-refractivity contribution < 1.29 is 13.9 Å². The molecular formula is C13H11BrCl2O3. The molecule has 0 radical (unpaired) electrons. The molecule has 1 atom stereocenters. The van der Waals surface area contributed by atoms with Crippen molar-refractivity contribution in [1.82, 2.24) is 0 Å². The van der Waals surface area contributed by atoms with Crippen LogP contribution in [0.2, 0.25) is 5.02 Å². The summed E-state index contributed by atoms with van der Waals surface area (Å²) in [4.78, 5) is 0. The Morgan fingerprint density at radius 2 is 1.79 bits per heavy atom. The van der Waals surface area contributed by atoms with E-state index in [0.717, 1.165) is 11.1 Å². The minimum absolute atomic E-state index is 0.444. The van der Waals surface area contributed by atoms with Gasteiger partial charge in [-0.2, -0.15) is 0 Å². The van der Waals surface area contributed by atoms with Gasteiger partial charge in [0.2, 0.25) is 0 Å². The van der Waals surface area contributed by atoms with E-state index < -0.39 is 5.38 Å². The Bertz CT molecular complexity index is 583. The number of furan rings is 1. The van der Waals surface area contributed by atoms with Crippen molar-refractivity contribution in [3.8, 4) is 11.5 Å². The lowest BCUT2D eigenvalue weighted by Gasteiger charge is -2.15. The van der Waals surface area contributed by atoms with Crippen molar-refractivity contribution in [3.05, 3.63) is 45.3 Å². The van der Waals surface area contributed by atoms with Crippen LogP contribution in [-0.2, 0) is 0 Å². The number of hydrogen-bond acceptors (Lipinski definition) is 3. The topological polar surface area (TPSA) is 31.6 Å². The molecule has 3 nitrogen and oxygen atoms in total. The predicted molar refractivity (Wildman–Crippen MR) is 78.7 cm³/mol. The van der Waals surface area contributed by atoms with E-state index in [2.05, 4.69) is 15.9 Å². The van der Waals surface area contributed by atoms with Gasteiger partial charge in [0.1, 0.15) is 0 Å². The normalized spacial score (nSPS) is 12.3. The number of alkyl halides is 1. The van der Waals surface area contributed by atoms with Gasteiger partial charge in [-0.15, -0.1) is 11.6 Å². The Morgan fingerprint density at radius 1 is 1.16 bits per heavy atom. The zero-order valence-corrected chi connectivity index (χ0v) is 13.3. The minimum atomic E-state index is -0.444. The summed E-state index contributed by atoms with van der Waals surface area (Å²) in [6, 6.07) is 5.23. The number of methoxy groups -OCH3 is 2. The number of benzene rings is 1. The van der Waals surface area contributed by atoms with Crippen molar-refractivity contribution in [2.24, 2.45) is 0 Å². The lowest BCUT2D eigenvalue weighted by atomic mass is 10.1. The van der Waals surface area contributed by atoms with Crippen LogP contribution in [0.1, 0.15) is 16.5 Å². The summed E-state index contributed by atoms with van der Waals surface area (Å²) in [6.45, 7) is 0. The molecule has 102 valence electrons. The average Bonchev–Trinajstić information content (AvgIpc) is 2.83. The van der Waals surface area contributed by atoms with Crippen LogP contribution < -0.4 is 9.47 Å². The highest BCUT2D eigenvalue weighted by atomic mass is 79.9. The molecule has 6 heteroatoms. The maximum atomic E-state index is 6.44. The fourth-order valence-corrected chi connectivity index (χ4v) is 2.99. The maximum Gasteiger partial charge on any atom is 0.173 e. The number of hydrogen-bond donors (Lipinski definition) is 0. The molecule has 0 N–H and O–H groups in total. The molecule has 0 fully saturated rings. The molecule has 19 heavy (non-hydrogen) atoms. The predicted octanol–water partition coefficient (Wildman–Crippen LogP) is 5.04. The molecule has 0 saturated heterocycles. The molecule has 0 spiro atoms. The van der Waals surface area contributed by atoms with E-state index >= 15 is 0 Å². The first-order valence-corrected chi connectivity index (χ1v) is 6.97. The second-order valence-electron chi connectivity index (χ2n) is 3.74. The molecule has 0 aliphatic carbocycles. The van der Waals surface area contributed by atoms with Gasteiger partial charge >= 0.3 is 0 Å². The number of rotatable bonds is 4. The Labute approximate surface area is 129 Å². The third-order valence-corrected chi connectivity index (χ3v) is 4.14.